The zero-order chi connectivity index (χ0) is 10.6. The van der Waals surface area contributed by atoms with E-state index in [0.29, 0.717) is 18.0 Å². The number of rotatable bonds is 4. The van der Waals surface area contributed by atoms with Gasteiger partial charge in [0.25, 0.3) is 0 Å². The molecule has 0 saturated heterocycles. The molecule has 0 aromatic heterocycles. The van der Waals surface area contributed by atoms with Crippen LogP contribution >= 0.6 is 0 Å². The zero-order valence-corrected chi connectivity index (χ0v) is 9.79. The van der Waals surface area contributed by atoms with Crippen molar-refractivity contribution in [2.24, 2.45) is 5.92 Å². The van der Waals surface area contributed by atoms with Crippen molar-refractivity contribution >= 4 is 0 Å². The number of hydrogen-bond acceptors (Lipinski definition) is 2. The Balaban J connectivity index is 2.34. The molecule has 0 aromatic carbocycles. The second-order valence-corrected chi connectivity index (χ2v) is 4.80. The highest BCUT2D eigenvalue weighted by Gasteiger charge is 2.25. The van der Waals surface area contributed by atoms with Crippen molar-refractivity contribution < 1.29 is 5.11 Å². The van der Waals surface area contributed by atoms with Crippen LogP contribution in [0.5, 0.6) is 0 Å². The van der Waals surface area contributed by atoms with Gasteiger partial charge < -0.3 is 10.4 Å². The normalized spacial score (nSPS) is 32.6. The molecule has 1 aliphatic rings. The van der Waals surface area contributed by atoms with Gasteiger partial charge in [0.1, 0.15) is 0 Å². The Morgan fingerprint density at radius 2 is 1.93 bits per heavy atom. The van der Waals surface area contributed by atoms with Crippen molar-refractivity contribution in [2.75, 3.05) is 0 Å². The minimum Gasteiger partial charge on any atom is -0.392 e. The van der Waals surface area contributed by atoms with Crippen molar-refractivity contribution in [1.29, 1.82) is 0 Å². The van der Waals surface area contributed by atoms with Crippen LogP contribution in [0.2, 0.25) is 0 Å². The fourth-order valence-electron chi connectivity index (χ4n) is 2.16. The third kappa shape index (κ3) is 3.25. The summed E-state index contributed by atoms with van der Waals surface area (Å²) in [5.74, 6) is 0.698. The van der Waals surface area contributed by atoms with Crippen LogP contribution in [0.3, 0.4) is 0 Å². The van der Waals surface area contributed by atoms with Gasteiger partial charge in [-0.3, -0.25) is 0 Å². The number of hydrogen-bond donors (Lipinski definition) is 2. The standard InChI is InChI=1S/C12H25NO/c1-4-9(2)10(3)13-11-7-5-6-8-12(11)14/h9-14H,4-8H2,1-3H3/t9-,10-,11+,12-/m0/s1. The van der Waals surface area contributed by atoms with E-state index >= 15 is 0 Å². The maximum Gasteiger partial charge on any atom is 0.0693 e. The molecule has 14 heavy (non-hydrogen) atoms. The van der Waals surface area contributed by atoms with Gasteiger partial charge in [-0.2, -0.15) is 0 Å². The first-order valence-corrected chi connectivity index (χ1v) is 6.09. The quantitative estimate of drug-likeness (QED) is 0.728. The predicted molar refractivity (Wildman–Crippen MR) is 60.3 cm³/mol. The molecule has 0 unspecified atom stereocenters. The van der Waals surface area contributed by atoms with E-state index in [2.05, 4.69) is 26.1 Å². The highest BCUT2D eigenvalue weighted by molar-refractivity contribution is 4.83. The molecule has 0 amide bonds. The van der Waals surface area contributed by atoms with Crippen molar-refractivity contribution in [1.82, 2.24) is 5.32 Å². The first kappa shape index (κ1) is 12.0. The van der Waals surface area contributed by atoms with E-state index in [1.807, 2.05) is 0 Å². The highest BCUT2D eigenvalue weighted by atomic mass is 16.3. The van der Waals surface area contributed by atoms with Gasteiger partial charge in [0.05, 0.1) is 6.10 Å². The third-order valence-corrected chi connectivity index (χ3v) is 3.70. The average Bonchev–Trinajstić information content (AvgIpc) is 2.20. The summed E-state index contributed by atoms with van der Waals surface area (Å²) >= 11 is 0. The molecule has 4 atom stereocenters. The number of aliphatic hydroxyl groups is 1. The molecule has 2 heteroatoms. The monoisotopic (exact) mass is 199 g/mol. The Morgan fingerprint density at radius 1 is 1.29 bits per heavy atom. The fraction of sp³-hybridized carbons (Fsp3) is 1.00. The van der Waals surface area contributed by atoms with E-state index in [4.69, 9.17) is 0 Å². The lowest BCUT2D eigenvalue weighted by molar-refractivity contribution is 0.0817. The summed E-state index contributed by atoms with van der Waals surface area (Å²) in [5.41, 5.74) is 0. The number of nitrogens with one attached hydrogen (secondary N) is 1. The summed E-state index contributed by atoms with van der Waals surface area (Å²) in [6.45, 7) is 6.72. The van der Waals surface area contributed by atoms with Crippen LogP contribution in [0.4, 0.5) is 0 Å². The molecule has 0 spiro atoms. The van der Waals surface area contributed by atoms with Gasteiger partial charge in [0.2, 0.25) is 0 Å². The van der Waals surface area contributed by atoms with E-state index in [1.165, 1.54) is 19.3 Å². The van der Waals surface area contributed by atoms with Crippen LogP contribution in [0.25, 0.3) is 0 Å². The van der Waals surface area contributed by atoms with Gasteiger partial charge >= 0.3 is 0 Å². The van der Waals surface area contributed by atoms with Gasteiger partial charge in [-0.15, -0.1) is 0 Å². The van der Waals surface area contributed by atoms with Gasteiger partial charge in [-0.25, -0.2) is 0 Å². The molecule has 0 bridgehead atoms. The van der Waals surface area contributed by atoms with Gasteiger partial charge in [0.15, 0.2) is 0 Å². The lowest BCUT2D eigenvalue weighted by atomic mass is 9.90. The first-order chi connectivity index (χ1) is 6.65. The summed E-state index contributed by atoms with van der Waals surface area (Å²) in [5, 5.41) is 13.4. The van der Waals surface area contributed by atoms with Gasteiger partial charge in [-0.1, -0.05) is 33.1 Å². The molecular formula is C12H25NO. The molecule has 0 radical (unpaired) electrons. The van der Waals surface area contributed by atoms with Crippen molar-refractivity contribution in [3.8, 4) is 0 Å². The lowest BCUT2D eigenvalue weighted by Gasteiger charge is -2.33. The van der Waals surface area contributed by atoms with Crippen molar-refractivity contribution in [2.45, 2.75) is 71.1 Å². The molecule has 1 saturated carbocycles. The first-order valence-electron chi connectivity index (χ1n) is 6.09. The lowest BCUT2D eigenvalue weighted by Crippen LogP contribution is -2.47. The Kier molecular flexibility index (Phi) is 4.90. The summed E-state index contributed by atoms with van der Waals surface area (Å²) in [4.78, 5) is 0. The van der Waals surface area contributed by atoms with Crippen LogP contribution < -0.4 is 5.32 Å². The van der Waals surface area contributed by atoms with Crippen LogP contribution in [0.1, 0.15) is 52.9 Å². The van der Waals surface area contributed by atoms with Crippen LogP contribution in [0.15, 0.2) is 0 Å². The Morgan fingerprint density at radius 3 is 2.50 bits per heavy atom. The van der Waals surface area contributed by atoms with Crippen molar-refractivity contribution in [3.05, 3.63) is 0 Å². The number of aliphatic hydroxyl groups excluding tert-OH is 1. The van der Waals surface area contributed by atoms with Crippen LogP contribution in [-0.2, 0) is 0 Å². The Bertz CT molecular complexity index is 160. The summed E-state index contributed by atoms with van der Waals surface area (Å²) < 4.78 is 0. The highest BCUT2D eigenvalue weighted by Crippen LogP contribution is 2.20. The average molecular weight is 199 g/mol. The summed E-state index contributed by atoms with van der Waals surface area (Å²) in [7, 11) is 0. The summed E-state index contributed by atoms with van der Waals surface area (Å²) in [6.07, 6.45) is 5.67. The van der Waals surface area contributed by atoms with Gasteiger partial charge in [0, 0.05) is 12.1 Å². The molecule has 2 N–H and O–H groups in total. The van der Waals surface area contributed by atoms with E-state index in [9.17, 15) is 5.11 Å². The van der Waals surface area contributed by atoms with Crippen molar-refractivity contribution in [3.63, 3.8) is 0 Å². The minimum atomic E-state index is -0.116. The molecule has 1 aliphatic carbocycles. The fourth-order valence-corrected chi connectivity index (χ4v) is 2.16. The van der Waals surface area contributed by atoms with E-state index < -0.39 is 0 Å². The van der Waals surface area contributed by atoms with E-state index in [-0.39, 0.29) is 6.10 Å². The second-order valence-electron chi connectivity index (χ2n) is 4.80. The molecule has 0 heterocycles. The SMILES string of the molecule is CC[C@H](C)[C@H](C)N[C@@H]1CCCC[C@@H]1O. The predicted octanol–water partition coefficient (Wildman–Crippen LogP) is 2.31. The molecule has 84 valence electrons. The molecule has 0 aromatic rings. The Hall–Kier alpha value is -0.0800. The van der Waals surface area contributed by atoms with E-state index in [1.54, 1.807) is 0 Å². The van der Waals surface area contributed by atoms with Crippen LogP contribution in [0, 0.1) is 5.92 Å². The molecule has 1 fully saturated rings. The largest absolute Gasteiger partial charge is 0.392 e. The molecular weight excluding hydrogens is 174 g/mol. The van der Waals surface area contributed by atoms with E-state index in [0.717, 1.165) is 12.8 Å². The van der Waals surface area contributed by atoms with Crippen LogP contribution in [-0.4, -0.2) is 23.3 Å². The Labute approximate surface area is 88.1 Å². The minimum absolute atomic E-state index is 0.116. The second kappa shape index (κ2) is 5.72. The zero-order valence-electron chi connectivity index (χ0n) is 9.79. The summed E-state index contributed by atoms with van der Waals surface area (Å²) in [6, 6.07) is 0.866. The molecule has 0 aliphatic heterocycles. The maximum atomic E-state index is 9.81. The smallest absolute Gasteiger partial charge is 0.0693 e. The molecule has 1 rings (SSSR count). The van der Waals surface area contributed by atoms with Gasteiger partial charge in [-0.05, 0) is 25.7 Å². The molecule has 2 nitrogen and oxygen atoms in total. The topological polar surface area (TPSA) is 32.3 Å². The maximum absolute atomic E-state index is 9.81. The third-order valence-electron chi connectivity index (χ3n) is 3.70.